The standard InChI is InChI=1S/C14H11Cl3O4S.C14H13ClO4S.C12H7ClN2O6S/c1-20-12-4-3-8(15)5-10(12)11-6-9(16)7-13(14(11)21-2)22(17,18)19;1-18-11-6-3-5-10(9-11)14-12(19-2)7-4-8-13(14)20(15,16)17;13-22(20,21)11-7-3-5-9(12(11)15(18)19)8-4-1-2-6-10(8)14(16)17/h3-7H,1-2H3;3-9H,1-2H3;1-7H. The summed E-state index contributed by atoms with van der Waals surface area (Å²) in [5, 5.41) is 22.9. The molecule has 64 heavy (non-hydrogen) atoms. The molecular weight excluding hydrogens is 1010 g/mol. The molecule has 0 bridgehead atoms. The van der Waals surface area contributed by atoms with Gasteiger partial charge in [0, 0.05) is 64.8 Å². The van der Waals surface area contributed by atoms with E-state index in [2.05, 4.69) is 0 Å². The molecule has 0 atom stereocenters. The van der Waals surface area contributed by atoms with E-state index >= 15 is 0 Å². The summed E-state index contributed by atoms with van der Waals surface area (Å²) in [4.78, 5) is 19.7. The van der Waals surface area contributed by atoms with Gasteiger partial charge in [-0.1, -0.05) is 59.6 Å². The zero-order chi connectivity index (χ0) is 47.7. The van der Waals surface area contributed by atoms with Crippen LogP contribution in [0.4, 0.5) is 11.4 Å². The third kappa shape index (κ3) is 12.4. The van der Waals surface area contributed by atoms with E-state index < -0.39 is 47.6 Å². The molecule has 0 aliphatic carbocycles. The first-order chi connectivity index (χ1) is 30.0. The summed E-state index contributed by atoms with van der Waals surface area (Å²) in [5.74, 6) is 1.61. The molecule has 0 aliphatic rings. The second-order valence-electron chi connectivity index (χ2n) is 12.4. The van der Waals surface area contributed by atoms with Gasteiger partial charge in [-0.2, -0.15) is 0 Å². The molecule has 0 N–H and O–H groups in total. The Morgan fingerprint density at radius 1 is 0.484 bits per heavy atom. The van der Waals surface area contributed by atoms with Gasteiger partial charge in [-0.15, -0.1) is 0 Å². The second kappa shape index (κ2) is 21.5. The smallest absolute Gasteiger partial charge is 0.297 e. The fraction of sp³-hybridized carbons (Fsp3) is 0.100. The number of nitro groups is 2. The van der Waals surface area contributed by atoms with Crippen molar-refractivity contribution in [2.24, 2.45) is 0 Å². The van der Waals surface area contributed by atoms with E-state index in [4.69, 9.17) is 74.2 Å². The first-order valence-corrected chi connectivity index (χ1v) is 25.0. The second-order valence-corrected chi connectivity index (χ2v) is 20.9. The van der Waals surface area contributed by atoms with Crippen molar-refractivity contribution in [3.05, 3.63) is 146 Å². The molecule has 0 aliphatic heterocycles. The zero-order valence-electron chi connectivity index (χ0n) is 33.2. The maximum absolute atomic E-state index is 11.7. The van der Waals surface area contributed by atoms with Crippen LogP contribution >= 0.6 is 55.2 Å². The van der Waals surface area contributed by atoms with E-state index in [1.807, 2.05) is 0 Å². The third-order valence-electron chi connectivity index (χ3n) is 8.60. The van der Waals surface area contributed by atoms with E-state index in [1.165, 1.54) is 69.9 Å². The summed E-state index contributed by atoms with van der Waals surface area (Å²) < 4.78 is 90.8. The lowest BCUT2D eigenvalue weighted by molar-refractivity contribution is -0.388. The minimum atomic E-state index is -4.38. The molecule has 24 heteroatoms. The van der Waals surface area contributed by atoms with Gasteiger partial charge in [-0.3, -0.25) is 20.2 Å². The zero-order valence-corrected chi connectivity index (χ0v) is 39.4. The van der Waals surface area contributed by atoms with Crippen molar-refractivity contribution in [1.82, 2.24) is 0 Å². The normalized spacial score (nSPS) is 11.2. The summed E-state index contributed by atoms with van der Waals surface area (Å²) in [6, 6.07) is 28.2. The maximum atomic E-state index is 11.7. The first kappa shape index (κ1) is 51.3. The molecule has 16 nitrogen and oxygen atoms in total. The molecule has 0 heterocycles. The predicted molar refractivity (Wildman–Crippen MR) is 244 cm³/mol. The number of methoxy groups -OCH3 is 4. The number of halogens is 5. The Morgan fingerprint density at radius 2 is 1.05 bits per heavy atom. The van der Waals surface area contributed by atoms with E-state index in [9.17, 15) is 45.5 Å². The fourth-order valence-electron chi connectivity index (χ4n) is 5.98. The summed E-state index contributed by atoms with van der Waals surface area (Å²) in [6.07, 6.45) is 0. The Labute approximate surface area is 390 Å². The molecule has 6 aromatic rings. The van der Waals surface area contributed by atoms with Crippen LogP contribution in [0.2, 0.25) is 10.0 Å². The minimum Gasteiger partial charge on any atom is -0.497 e. The number of benzene rings is 6. The van der Waals surface area contributed by atoms with Crippen LogP contribution in [-0.2, 0) is 27.2 Å². The van der Waals surface area contributed by atoms with Crippen LogP contribution in [0, 0.1) is 20.2 Å². The molecule has 338 valence electrons. The number of hydrogen-bond acceptors (Lipinski definition) is 14. The summed E-state index contributed by atoms with van der Waals surface area (Å²) in [5.41, 5.74) is 0.580. The number of para-hydroxylation sites is 2. The molecular formula is C40H31Cl5N2O14S3. The molecule has 0 unspecified atom stereocenters. The molecule has 0 aromatic heterocycles. The molecule has 0 amide bonds. The van der Waals surface area contributed by atoms with Crippen LogP contribution in [0.5, 0.6) is 23.0 Å². The number of hydrogen-bond donors (Lipinski definition) is 0. The Balaban J connectivity index is 0.000000211. The number of ether oxygens (including phenoxy) is 4. The maximum Gasteiger partial charge on any atom is 0.297 e. The summed E-state index contributed by atoms with van der Waals surface area (Å²) in [7, 11) is 9.71. The van der Waals surface area contributed by atoms with Crippen molar-refractivity contribution in [3.63, 3.8) is 0 Å². The van der Waals surface area contributed by atoms with Gasteiger partial charge < -0.3 is 18.9 Å². The Morgan fingerprint density at radius 3 is 1.61 bits per heavy atom. The Kier molecular flexibility index (Phi) is 17.2. The van der Waals surface area contributed by atoms with E-state index in [-0.39, 0.29) is 37.4 Å². The van der Waals surface area contributed by atoms with Gasteiger partial charge in [0.25, 0.3) is 38.5 Å². The highest BCUT2D eigenvalue weighted by atomic mass is 35.7. The molecule has 0 radical (unpaired) electrons. The predicted octanol–water partition coefficient (Wildman–Crippen LogP) is 11.0. The average Bonchev–Trinajstić information content (AvgIpc) is 3.25. The van der Waals surface area contributed by atoms with Crippen LogP contribution in [0.15, 0.2) is 130 Å². The van der Waals surface area contributed by atoms with Crippen LogP contribution in [0.3, 0.4) is 0 Å². The van der Waals surface area contributed by atoms with Crippen LogP contribution in [-0.4, -0.2) is 63.5 Å². The van der Waals surface area contributed by atoms with E-state index in [0.717, 1.165) is 6.07 Å². The minimum absolute atomic E-state index is 0.00627. The van der Waals surface area contributed by atoms with Gasteiger partial charge in [0.15, 0.2) is 4.90 Å². The van der Waals surface area contributed by atoms with Crippen molar-refractivity contribution in [2.75, 3.05) is 28.4 Å². The number of nitrogens with zero attached hydrogens (tertiary/aromatic N) is 2. The van der Waals surface area contributed by atoms with Crippen molar-refractivity contribution >= 4 is 93.8 Å². The van der Waals surface area contributed by atoms with Crippen molar-refractivity contribution in [1.29, 1.82) is 0 Å². The lowest BCUT2D eigenvalue weighted by atomic mass is 10.0. The van der Waals surface area contributed by atoms with Gasteiger partial charge in [-0.05, 0) is 78.4 Å². The lowest BCUT2D eigenvalue weighted by Crippen LogP contribution is -2.02. The monoisotopic (exact) mass is 1030 g/mol. The van der Waals surface area contributed by atoms with Crippen molar-refractivity contribution < 1.29 is 54.0 Å². The van der Waals surface area contributed by atoms with Gasteiger partial charge in [0.1, 0.15) is 27.9 Å². The topological polar surface area (TPSA) is 226 Å². The Hall–Kier alpha value is -5.38. The van der Waals surface area contributed by atoms with Gasteiger partial charge in [0.05, 0.1) is 54.3 Å². The molecule has 0 fully saturated rings. The average molecular weight is 1040 g/mol. The SMILES string of the molecule is COc1ccc(Cl)cc1-c1cc(Cl)cc(S(=O)(=O)Cl)c1OC.COc1cccc(-c2c(OC)cccc2S(=O)(=O)Cl)c1.O=[N+]([O-])c1ccccc1-c1cccc(S(=O)(=O)Cl)c1[N+](=O)[O-]. The molecule has 0 saturated carbocycles. The van der Waals surface area contributed by atoms with Gasteiger partial charge in [-0.25, -0.2) is 25.3 Å². The third-order valence-corrected chi connectivity index (χ3v) is 13.1. The molecule has 0 spiro atoms. The highest BCUT2D eigenvalue weighted by molar-refractivity contribution is 8.14. The Bertz CT molecular complexity index is 3080. The quantitative estimate of drug-likeness (QED) is 0.0631. The van der Waals surface area contributed by atoms with Crippen molar-refractivity contribution in [2.45, 2.75) is 14.7 Å². The lowest BCUT2D eigenvalue weighted by Gasteiger charge is -2.15. The highest BCUT2D eigenvalue weighted by Crippen LogP contribution is 2.44. The summed E-state index contributed by atoms with van der Waals surface area (Å²) >= 11 is 12.0. The molecule has 0 saturated heterocycles. The fourth-order valence-corrected chi connectivity index (χ4v) is 9.58. The van der Waals surface area contributed by atoms with Crippen LogP contribution in [0.1, 0.15) is 0 Å². The molecule has 6 aromatic carbocycles. The highest BCUT2D eigenvalue weighted by Gasteiger charge is 2.31. The van der Waals surface area contributed by atoms with Crippen LogP contribution < -0.4 is 18.9 Å². The number of rotatable bonds is 12. The van der Waals surface area contributed by atoms with Crippen molar-refractivity contribution in [3.8, 4) is 56.4 Å². The van der Waals surface area contributed by atoms with Gasteiger partial charge >= 0.3 is 0 Å². The first-order valence-electron chi connectivity index (χ1n) is 17.4. The largest absolute Gasteiger partial charge is 0.497 e. The summed E-state index contributed by atoms with van der Waals surface area (Å²) in [6.45, 7) is 0. The van der Waals surface area contributed by atoms with E-state index in [1.54, 1.807) is 67.8 Å². The molecule has 6 rings (SSSR count). The van der Waals surface area contributed by atoms with Gasteiger partial charge in [0.2, 0.25) is 0 Å². The van der Waals surface area contributed by atoms with Crippen LogP contribution in [0.25, 0.3) is 33.4 Å². The number of nitro benzene ring substituents is 2. The van der Waals surface area contributed by atoms with E-state index in [0.29, 0.717) is 44.5 Å².